The van der Waals surface area contributed by atoms with Crippen molar-refractivity contribution in [1.82, 2.24) is 9.97 Å². The minimum atomic E-state index is -1.13. The van der Waals surface area contributed by atoms with Crippen molar-refractivity contribution in [1.29, 1.82) is 0 Å². The highest BCUT2D eigenvalue weighted by Gasteiger charge is 2.48. The van der Waals surface area contributed by atoms with Crippen LogP contribution in [0.4, 0.5) is 17.5 Å². The minimum absolute atomic E-state index is 0.0807. The number of aromatic nitrogens is 2. The number of aliphatic hydroxyl groups is 1. The molecule has 1 aliphatic carbocycles. The molecule has 3 fully saturated rings. The number of benzene rings is 1. The first kappa shape index (κ1) is 19.8. The van der Waals surface area contributed by atoms with Gasteiger partial charge in [0.25, 0.3) is 0 Å². The predicted molar refractivity (Wildman–Crippen MR) is 122 cm³/mol. The van der Waals surface area contributed by atoms with Gasteiger partial charge in [-0.3, -0.25) is 4.21 Å². The Morgan fingerprint density at radius 3 is 2.39 bits per heavy atom. The number of hydrogen-bond acceptors (Lipinski definition) is 7. The minimum Gasteiger partial charge on any atom is -0.394 e. The van der Waals surface area contributed by atoms with Gasteiger partial charge >= 0.3 is 0 Å². The molecule has 6 rings (SSSR count). The van der Waals surface area contributed by atoms with Crippen molar-refractivity contribution in [3.05, 3.63) is 35.5 Å². The van der Waals surface area contributed by atoms with Gasteiger partial charge in [0.05, 0.1) is 29.1 Å². The van der Waals surface area contributed by atoms with E-state index in [4.69, 9.17) is 16.6 Å². The zero-order chi connectivity index (χ0) is 21.2. The zero-order valence-corrected chi connectivity index (χ0v) is 18.9. The fraction of sp³-hybridized carbons (Fsp3) is 0.545. The summed E-state index contributed by atoms with van der Waals surface area (Å²) in [4.78, 5) is 17.0. The molecule has 4 aliphatic rings. The molecule has 1 saturated carbocycles. The van der Waals surface area contributed by atoms with E-state index < -0.39 is 10.8 Å². The summed E-state index contributed by atoms with van der Waals surface area (Å²) in [5.74, 6) is 3.05. The van der Waals surface area contributed by atoms with E-state index in [1.54, 1.807) is 6.20 Å². The van der Waals surface area contributed by atoms with Crippen LogP contribution in [0.1, 0.15) is 19.3 Å². The summed E-state index contributed by atoms with van der Waals surface area (Å²) >= 11 is 6.04. The van der Waals surface area contributed by atoms with Crippen molar-refractivity contribution in [2.45, 2.75) is 29.7 Å². The second-order valence-corrected chi connectivity index (χ2v) is 11.1. The molecule has 7 nitrogen and oxygen atoms in total. The monoisotopic (exact) mass is 459 g/mol. The summed E-state index contributed by atoms with van der Waals surface area (Å²) in [5, 5.41) is 10.8. The van der Waals surface area contributed by atoms with E-state index in [0.29, 0.717) is 22.6 Å². The van der Waals surface area contributed by atoms with Gasteiger partial charge < -0.3 is 19.8 Å². The lowest BCUT2D eigenvalue weighted by Crippen LogP contribution is -2.56. The fourth-order valence-corrected chi connectivity index (χ4v) is 7.01. The Morgan fingerprint density at radius 2 is 1.77 bits per heavy atom. The number of anilines is 3. The summed E-state index contributed by atoms with van der Waals surface area (Å²) in [5.41, 5.74) is 0.930. The highest BCUT2D eigenvalue weighted by molar-refractivity contribution is 7.85. The summed E-state index contributed by atoms with van der Waals surface area (Å²) in [6, 6.07) is 8.09. The second-order valence-electron chi connectivity index (χ2n) is 9.30. The number of fused-ring (bicyclic) bond motifs is 2. The van der Waals surface area contributed by atoms with Crippen LogP contribution in [0.3, 0.4) is 0 Å². The molecule has 9 heteroatoms. The second kappa shape index (κ2) is 7.32. The fourth-order valence-electron chi connectivity index (χ4n) is 5.59. The quantitative estimate of drug-likeness (QED) is 0.753. The average molecular weight is 460 g/mol. The Morgan fingerprint density at radius 1 is 1.10 bits per heavy atom. The first-order chi connectivity index (χ1) is 15.1. The molecule has 3 atom stereocenters. The molecule has 1 aromatic heterocycles. The number of hydrogen-bond donors (Lipinski definition) is 1. The van der Waals surface area contributed by atoms with Crippen molar-refractivity contribution in [2.75, 3.05) is 53.4 Å². The summed E-state index contributed by atoms with van der Waals surface area (Å²) in [6.45, 7) is 4.00. The van der Waals surface area contributed by atoms with E-state index in [-0.39, 0.29) is 12.1 Å². The molecule has 0 spiro atoms. The first-order valence-electron chi connectivity index (χ1n) is 11.0. The van der Waals surface area contributed by atoms with Gasteiger partial charge in [-0.2, -0.15) is 4.98 Å². The lowest BCUT2D eigenvalue weighted by molar-refractivity contribution is 0.119. The van der Waals surface area contributed by atoms with Gasteiger partial charge in [-0.25, -0.2) is 4.98 Å². The Labute approximate surface area is 189 Å². The third-order valence-corrected chi connectivity index (χ3v) is 9.11. The summed E-state index contributed by atoms with van der Waals surface area (Å²) in [7, 11) is -1.13. The molecule has 164 valence electrons. The summed E-state index contributed by atoms with van der Waals surface area (Å²) < 4.78 is 12.6. The number of halogens is 1. The van der Waals surface area contributed by atoms with Crippen molar-refractivity contribution >= 4 is 39.9 Å². The van der Waals surface area contributed by atoms with Crippen LogP contribution >= 0.6 is 11.6 Å². The SMILES string of the molecule is O=S1CN(C2(CO)CCC2)c2nc(N3CC4CN(c5ccc(Cl)cc5)CC4C3)ncc21. The Balaban J connectivity index is 1.20. The lowest BCUT2D eigenvalue weighted by atomic mass is 9.76. The van der Waals surface area contributed by atoms with Crippen LogP contribution in [0.25, 0.3) is 0 Å². The van der Waals surface area contributed by atoms with E-state index in [0.717, 1.165) is 62.2 Å². The Bertz CT molecular complexity index is 1010. The molecule has 3 unspecified atom stereocenters. The molecule has 0 amide bonds. The Kier molecular flexibility index (Phi) is 4.67. The van der Waals surface area contributed by atoms with Gasteiger partial charge in [0.1, 0.15) is 10.8 Å². The van der Waals surface area contributed by atoms with Crippen LogP contribution in [0.5, 0.6) is 0 Å². The molecule has 0 bridgehead atoms. The van der Waals surface area contributed by atoms with Crippen LogP contribution < -0.4 is 14.7 Å². The molecule has 1 N–H and O–H groups in total. The molecular weight excluding hydrogens is 434 g/mol. The third-order valence-electron chi connectivity index (χ3n) is 7.58. The highest BCUT2D eigenvalue weighted by Crippen LogP contribution is 2.45. The smallest absolute Gasteiger partial charge is 0.227 e. The molecule has 31 heavy (non-hydrogen) atoms. The van der Waals surface area contributed by atoms with Crippen LogP contribution in [-0.2, 0) is 10.8 Å². The topological polar surface area (TPSA) is 72.8 Å². The zero-order valence-electron chi connectivity index (χ0n) is 17.3. The highest BCUT2D eigenvalue weighted by atomic mass is 35.5. The van der Waals surface area contributed by atoms with Gasteiger partial charge in [-0.1, -0.05) is 11.6 Å². The van der Waals surface area contributed by atoms with Crippen LogP contribution in [0, 0.1) is 11.8 Å². The van der Waals surface area contributed by atoms with Crippen LogP contribution in [0.2, 0.25) is 5.02 Å². The number of rotatable bonds is 4. The molecule has 0 radical (unpaired) electrons. The van der Waals surface area contributed by atoms with Crippen molar-refractivity contribution in [2.24, 2.45) is 11.8 Å². The largest absolute Gasteiger partial charge is 0.394 e. The normalized spacial score (nSPS) is 28.6. The first-order valence-corrected chi connectivity index (χ1v) is 12.7. The summed E-state index contributed by atoms with van der Waals surface area (Å²) in [6.07, 6.45) is 4.68. The van der Waals surface area contributed by atoms with Crippen LogP contribution in [-0.4, -0.2) is 63.5 Å². The van der Waals surface area contributed by atoms with Gasteiger partial charge in [0.15, 0.2) is 5.82 Å². The van der Waals surface area contributed by atoms with E-state index in [1.165, 1.54) is 5.69 Å². The van der Waals surface area contributed by atoms with E-state index >= 15 is 0 Å². The number of nitrogens with zero attached hydrogens (tertiary/aromatic N) is 5. The van der Waals surface area contributed by atoms with E-state index in [2.05, 4.69) is 31.8 Å². The predicted octanol–water partition coefficient (Wildman–Crippen LogP) is 2.50. The molecule has 4 heterocycles. The van der Waals surface area contributed by atoms with Crippen molar-refractivity contribution < 1.29 is 9.32 Å². The third kappa shape index (κ3) is 3.14. The van der Waals surface area contributed by atoms with Gasteiger partial charge in [-0.05, 0) is 43.5 Å². The maximum Gasteiger partial charge on any atom is 0.227 e. The molecular formula is C22H26ClN5O2S. The van der Waals surface area contributed by atoms with Gasteiger partial charge in [0, 0.05) is 48.7 Å². The lowest BCUT2D eigenvalue weighted by Gasteiger charge is -2.47. The average Bonchev–Trinajstić information content (AvgIpc) is 3.40. The number of aliphatic hydroxyl groups excluding tert-OH is 1. The molecule has 2 aromatic rings. The molecule has 3 aliphatic heterocycles. The maximum absolute atomic E-state index is 12.6. The standard InChI is InChI=1S/C22H26ClN5O2S/c23-17-2-4-18(5-3-17)26-9-15-11-27(12-16(15)10-26)21-24-8-19-20(25-21)28(14-31(19)30)22(13-29)6-1-7-22/h2-5,8,15-16,29H,1,6-7,9-14H2. The Hall–Kier alpha value is -1.90. The molecule has 2 saturated heterocycles. The van der Waals surface area contributed by atoms with Crippen molar-refractivity contribution in [3.63, 3.8) is 0 Å². The van der Waals surface area contributed by atoms with Crippen molar-refractivity contribution in [3.8, 4) is 0 Å². The molecule has 1 aromatic carbocycles. The van der Waals surface area contributed by atoms with Gasteiger partial charge in [-0.15, -0.1) is 0 Å². The van der Waals surface area contributed by atoms with Gasteiger partial charge in [0.2, 0.25) is 5.95 Å². The van der Waals surface area contributed by atoms with E-state index in [9.17, 15) is 9.32 Å². The van der Waals surface area contributed by atoms with Crippen LogP contribution in [0.15, 0.2) is 35.4 Å². The van der Waals surface area contributed by atoms with E-state index in [1.807, 2.05) is 12.1 Å². The maximum atomic E-state index is 12.6.